The summed E-state index contributed by atoms with van der Waals surface area (Å²) in [5.41, 5.74) is 2.10. The Labute approximate surface area is 121 Å². The van der Waals surface area contributed by atoms with Crippen molar-refractivity contribution in [3.63, 3.8) is 0 Å². The van der Waals surface area contributed by atoms with Gasteiger partial charge in [-0.15, -0.1) is 11.8 Å². The molecule has 0 saturated heterocycles. The highest BCUT2D eigenvalue weighted by atomic mass is 32.2. The van der Waals surface area contributed by atoms with Crippen molar-refractivity contribution >= 4 is 11.8 Å². The lowest BCUT2D eigenvalue weighted by Crippen LogP contribution is -2.38. The van der Waals surface area contributed by atoms with Gasteiger partial charge in [0, 0.05) is 17.0 Å². The van der Waals surface area contributed by atoms with Crippen LogP contribution in [0.5, 0.6) is 0 Å². The molecule has 1 unspecified atom stereocenters. The van der Waals surface area contributed by atoms with E-state index >= 15 is 0 Å². The second kappa shape index (κ2) is 5.49. The van der Waals surface area contributed by atoms with Gasteiger partial charge < -0.3 is 5.32 Å². The van der Waals surface area contributed by atoms with E-state index in [0.717, 1.165) is 6.04 Å². The van der Waals surface area contributed by atoms with Crippen LogP contribution < -0.4 is 5.32 Å². The lowest BCUT2D eigenvalue weighted by molar-refractivity contribution is 0.197. The monoisotopic (exact) mass is 275 g/mol. The van der Waals surface area contributed by atoms with Gasteiger partial charge >= 0.3 is 0 Å². The minimum Gasteiger partial charge on any atom is -0.307 e. The molecule has 1 aromatic rings. The summed E-state index contributed by atoms with van der Waals surface area (Å²) in [6.07, 6.45) is 6.71. The first-order valence-corrected chi connectivity index (χ1v) is 8.60. The van der Waals surface area contributed by atoms with Gasteiger partial charge in [-0.2, -0.15) is 0 Å². The van der Waals surface area contributed by atoms with Crippen molar-refractivity contribution in [3.05, 3.63) is 29.8 Å². The van der Waals surface area contributed by atoms with Gasteiger partial charge in [-0.1, -0.05) is 32.0 Å². The van der Waals surface area contributed by atoms with Gasteiger partial charge in [-0.05, 0) is 54.9 Å². The molecule has 1 saturated carbocycles. The summed E-state index contributed by atoms with van der Waals surface area (Å²) in [5, 5.41) is 3.94. The van der Waals surface area contributed by atoms with E-state index in [1.165, 1.54) is 48.3 Å². The summed E-state index contributed by atoms with van der Waals surface area (Å²) in [7, 11) is 0. The third-order valence-electron chi connectivity index (χ3n) is 4.73. The maximum Gasteiger partial charge on any atom is 0.0341 e. The molecule has 1 nitrogen and oxygen atoms in total. The van der Waals surface area contributed by atoms with Crippen molar-refractivity contribution in [2.24, 2.45) is 5.41 Å². The maximum atomic E-state index is 3.94. The van der Waals surface area contributed by atoms with Crippen LogP contribution in [-0.2, 0) is 0 Å². The summed E-state index contributed by atoms with van der Waals surface area (Å²) >= 11 is 2.01. The van der Waals surface area contributed by atoms with Crippen LogP contribution in [-0.4, -0.2) is 11.8 Å². The summed E-state index contributed by atoms with van der Waals surface area (Å²) in [6, 6.07) is 10.3. The first-order valence-electron chi connectivity index (χ1n) is 7.62. The van der Waals surface area contributed by atoms with Gasteiger partial charge in [0.2, 0.25) is 0 Å². The molecule has 0 spiro atoms. The Kier molecular flexibility index (Phi) is 3.91. The molecular weight excluding hydrogens is 250 g/mol. The summed E-state index contributed by atoms with van der Waals surface area (Å²) in [5.74, 6) is 1.26. The number of nitrogens with one attached hydrogen (secondary N) is 1. The summed E-state index contributed by atoms with van der Waals surface area (Å²) in [4.78, 5) is 1.49. The highest BCUT2D eigenvalue weighted by molar-refractivity contribution is 7.99. The molecule has 0 amide bonds. The fourth-order valence-electron chi connectivity index (χ4n) is 3.37. The Balaban J connectivity index is 1.65. The molecular formula is C17H25NS. The normalized spacial score (nSPS) is 26.9. The predicted molar refractivity (Wildman–Crippen MR) is 83.7 cm³/mol. The number of benzene rings is 1. The van der Waals surface area contributed by atoms with E-state index in [4.69, 9.17) is 0 Å². The van der Waals surface area contributed by atoms with Crippen LogP contribution in [0, 0.1) is 5.41 Å². The first-order chi connectivity index (χ1) is 9.14. The van der Waals surface area contributed by atoms with Crippen LogP contribution in [0.1, 0.15) is 57.6 Å². The number of hydrogen-bond donors (Lipinski definition) is 1. The highest BCUT2D eigenvalue weighted by Crippen LogP contribution is 2.39. The molecule has 0 bridgehead atoms. The molecule has 3 rings (SSSR count). The van der Waals surface area contributed by atoms with Gasteiger partial charge in [0.25, 0.3) is 0 Å². The van der Waals surface area contributed by atoms with Crippen molar-refractivity contribution in [1.29, 1.82) is 0 Å². The van der Waals surface area contributed by atoms with Crippen LogP contribution in [0.15, 0.2) is 29.2 Å². The molecule has 1 aliphatic carbocycles. The Morgan fingerprint density at radius 1 is 1.11 bits per heavy atom. The lowest BCUT2D eigenvalue weighted by atomic mass is 9.75. The van der Waals surface area contributed by atoms with Gasteiger partial charge in [0.05, 0.1) is 0 Å². The largest absolute Gasteiger partial charge is 0.307 e. The van der Waals surface area contributed by atoms with Crippen molar-refractivity contribution in [3.8, 4) is 0 Å². The molecule has 1 aliphatic heterocycles. The van der Waals surface area contributed by atoms with Crippen molar-refractivity contribution < 1.29 is 0 Å². The topological polar surface area (TPSA) is 12.0 Å². The maximum absolute atomic E-state index is 3.94. The Morgan fingerprint density at radius 3 is 2.63 bits per heavy atom. The fraction of sp³-hybridized carbons (Fsp3) is 0.647. The molecule has 19 heavy (non-hydrogen) atoms. The van der Waals surface area contributed by atoms with Gasteiger partial charge in [-0.3, -0.25) is 0 Å². The van der Waals surface area contributed by atoms with Crippen molar-refractivity contribution in [1.82, 2.24) is 5.32 Å². The average Bonchev–Trinajstić information content (AvgIpc) is 2.42. The van der Waals surface area contributed by atoms with Crippen molar-refractivity contribution in [2.45, 2.75) is 62.9 Å². The van der Waals surface area contributed by atoms with Gasteiger partial charge in [0.1, 0.15) is 0 Å². The molecule has 1 N–H and O–H groups in total. The van der Waals surface area contributed by atoms with Gasteiger partial charge in [-0.25, -0.2) is 0 Å². The highest BCUT2D eigenvalue weighted by Gasteiger charge is 2.29. The van der Waals surface area contributed by atoms with E-state index in [9.17, 15) is 0 Å². The fourth-order valence-corrected chi connectivity index (χ4v) is 4.49. The van der Waals surface area contributed by atoms with E-state index in [1.807, 2.05) is 11.8 Å². The molecule has 1 heterocycles. The third kappa shape index (κ3) is 3.17. The van der Waals surface area contributed by atoms with E-state index in [0.29, 0.717) is 11.5 Å². The molecule has 1 atom stereocenters. The predicted octanol–water partition coefficient (Wildman–Crippen LogP) is 4.78. The smallest absolute Gasteiger partial charge is 0.0341 e. The van der Waals surface area contributed by atoms with Crippen molar-refractivity contribution in [2.75, 3.05) is 5.75 Å². The molecule has 1 aromatic carbocycles. The zero-order chi connectivity index (χ0) is 13.3. The minimum atomic E-state index is 0.568. The average molecular weight is 275 g/mol. The van der Waals surface area contributed by atoms with Crippen LogP contribution in [0.2, 0.25) is 0 Å². The molecule has 2 heteroatoms. The number of thioether (sulfide) groups is 1. The quantitative estimate of drug-likeness (QED) is 0.833. The zero-order valence-corrected chi connectivity index (χ0v) is 12.9. The second-order valence-electron chi connectivity index (χ2n) is 6.83. The van der Waals surface area contributed by atoms with Crippen LogP contribution in [0.4, 0.5) is 0 Å². The Bertz CT molecular complexity index is 431. The van der Waals surface area contributed by atoms with E-state index in [-0.39, 0.29) is 0 Å². The van der Waals surface area contributed by atoms with Gasteiger partial charge in [0.15, 0.2) is 0 Å². The zero-order valence-electron chi connectivity index (χ0n) is 12.1. The van der Waals surface area contributed by atoms with Crippen LogP contribution >= 0.6 is 11.8 Å². The van der Waals surface area contributed by atoms with E-state index < -0.39 is 0 Å². The Hall–Kier alpha value is -0.470. The SMILES string of the molecule is CC1(C)CCC(NC2CCSc3ccccc32)CC1. The summed E-state index contributed by atoms with van der Waals surface area (Å²) < 4.78 is 0. The standard InChI is InChI=1S/C17H25NS/c1-17(2)10-7-13(8-11-17)18-15-9-12-19-16-6-4-3-5-14(15)16/h3-6,13,15,18H,7-12H2,1-2H3. The summed E-state index contributed by atoms with van der Waals surface area (Å²) in [6.45, 7) is 4.82. The van der Waals surface area contributed by atoms with E-state index in [1.54, 1.807) is 0 Å². The molecule has 0 aromatic heterocycles. The molecule has 0 radical (unpaired) electrons. The molecule has 1 fully saturated rings. The first kappa shape index (κ1) is 13.5. The minimum absolute atomic E-state index is 0.568. The molecule has 104 valence electrons. The Morgan fingerprint density at radius 2 is 1.84 bits per heavy atom. The van der Waals surface area contributed by atoms with Crippen LogP contribution in [0.25, 0.3) is 0 Å². The third-order valence-corrected chi connectivity index (χ3v) is 5.86. The second-order valence-corrected chi connectivity index (χ2v) is 7.97. The molecule has 2 aliphatic rings. The number of rotatable bonds is 2. The lowest BCUT2D eigenvalue weighted by Gasteiger charge is -2.37. The van der Waals surface area contributed by atoms with E-state index in [2.05, 4.69) is 43.4 Å². The van der Waals surface area contributed by atoms with Crippen LogP contribution in [0.3, 0.4) is 0 Å². The number of fused-ring (bicyclic) bond motifs is 1. The number of hydrogen-bond acceptors (Lipinski definition) is 2.